The average molecular weight is 471 g/mol. The molecule has 2 N–H and O–H groups in total. The average Bonchev–Trinajstić information content (AvgIpc) is 3.06. The minimum atomic E-state index is -0.0602. The van der Waals surface area contributed by atoms with Gasteiger partial charge in [0.1, 0.15) is 6.54 Å². The first-order chi connectivity index (χ1) is 12.0. The number of carbonyl (C=O) groups excluding carboxylic acids is 1. The zero-order chi connectivity index (χ0) is 18.2. The number of aliphatic imine (C=N–C) groups is 1. The molecule has 7 nitrogen and oxygen atoms in total. The summed E-state index contributed by atoms with van der Waals surface area (Å²) in [6.07, 6.45) is 1.71. The summed E-state index contributed by atoms with van der Waals surface area (Å²) in [6, 6.07) is 8.08. The monoisotopic (exact) mass is 471 g/mol. The highest BCUT2D eigenvalue weighted by Gasteiger charge is 2.08. The number of rotatable bonds is 6. The van der Waals surface area contributed by atoms with E-state index in [0.29, 0.717) is 24.9 Å². The number of nitrogens with one attached hydrogen (secondary N) is 2. The second kappa shape index (κ2) is 10.8. The summed E-state index contributed by atoms with van der Waals surface area (Å²) in [6.45, 7) is 5.17. The third kappa shape index (κ3) is 6.66. The van der Waals surface area contributed by atoms with E-state index in [1.165, 1.54) is 10.5 Å². The smallest absolute Gasteiger partial charge is 0.243 e. The van der Waals surface area contributed by atoms with Crippen molar-refractivity contribution in [1.29, 1.82) is 0 Å². The molecule has 0 radical (unpaired) electrons. The molecule has 0 saturated carbocycles. The number of likely N-dealkylation sites (N-methyl/N-ethyl adjacent to an activating group) is 1. The van der Waals surface area contributed by atoms with Crippen LogP contribution in [-0.2, 0) is 11.3 Å². The summed E-state index contributed by atoms with van der Waals surface area (Å²) in [5.74, 6) is 1.77. The molecule has 0 spiro atoms. The van der Waals surface area contributed by atoms with Crippen LogP contribution < -0.4 is 10.6 Å². The minimum absolute atomic E-state index is 0. The van der Waals surface area contributed by atoms with E-state index in [9.17, 15) is 4.79 Å². The zero-order valence-electron chi connectivity index (χ0n) is 15.6. The maximum absolute atomic E-state index is 11.6. The molecule has 1 heterocycles. The maximum atomic E-state index is 11.6. The molecule has 0 bridgehead atoms. The largest absolute Gasteiger partial charge is 0.439 e. The quantitative estimate of drug-likeness (QED) is 0.384. The predicted octanol–water partition coefficient (Wildman–Crippen LogP) is 2.41. The molecule has 1 amide bonds. The second-order valence-electron chi connectivity index (χ2n) is 5.82. The Morgan fingerprint density at radius 2 is 1.92 bits per heavy atom. The van der Waals surface area contributed by atoms with E-state index in [2.05, 4.69) is 20.6 Å². The Hall–Kier alpha value is -2.10. The van der Waals surface area contributed by atoms with Crippen LogP contribution in [0.3, 0.4) is 0 Å². The van der Waals surface area contributed by atoms with Crippen molar-refractivity contribution in [3.8, 4) is 11.3 Å². The van der Waals surface area contributed by atoms with Gasteiger partial charge in [0.15, 0.2) is 11.7 Å². The van der Waals surface area contributed by atoms with Crippen LogP contribution in [0.5, 0.6) is 0 Å². The third-order valence-electron chi connectivity index (χ3n) is 3.51. The van der Waals surface area contributed by atoms with Gasteiger partial charge in [-0.3, -0.25) is 4.79 Å². The molecule has 2 rings (SSSR count). The first-order valence-corrected chi connectivity index (χ1v) is 8.23. The number of nitrogens with zero attached hydrogens (tertiary/aromatic N) is 3. The molecule has 0 unspecified atom stereocenters. The van der Waals surface area contributed by atoms with Gasteiger partial charge in [-0.15, -0.1) is 24.0 Å². The minimum Gasteiger partial charge on any atom is -0.439 e. The van der Waals surface area contributed by atoms with Crippen LogP contribution >= 0.6 is 24.0 Å². The number of carbonyl (C=O) groups is 1. The van der Waals surface area contributed by atoms with Gasteiger partial charge in [-0.05, 0) is 13.8 Å². The van der Waals surface area contributed by atoms with Crippen LogP contribution in [0.15, 0.2) is 39.9 Å². The van der Waals surface area contributed by atoms with Crippen LogP contribution in [-0.4, -0.2) is 48.9 Å². The molecule has 8 heteroatoms. The molecule has 0 fully saturated rings. The predicted molar refractivity (Wildman–Crippen MR) is 114 cm³/mol. The highest BCUT2D eigenvalue weighted by Crippen LogP contribution is 2.20. The number of amides is 1. The number of guanidine groups is 1. The van der Waals surface area contributed by atoms with E-state index in [-0.39, 0.29) is 36.4 Å². The molecular formula is C18H26IN5O2. The van der Waals surface area contributed by atoms with E-state index in [4.69, 9.17) is 4.42 Å². The molecule has 2 aromatic rings. The van der Waals surface area contributed by atoms with Gasteiger partial charge in [0.25, 0.3) is 0 Å². The molecule has 0 aliphatic carbocycles. The fraction of sp³-hybridized carbons (Fsp3) is 0.389. The van der Waals surface area contributed by atoms with E-state index in [0.717, 1.165) is 11.3 Å². The molecule has 0 saturated heterocycles. The molecule has 0 atom stereocenters. The van der Waals surface area contributed by atoms with Gasteiger partial charge in [0.2, 0.25) is 11.8 Å². The van der Waals surface area contributed by atoms with E-state index >= 15 is 0 Å². The number of oxazole rings is 1. The summed E-state index contributed by atoms with van der Waals surface area (Å²) in [5, 5.41) is 6.21. The molecule has 0 aliphatic rings. The Bertz CT molecular complexity index is 725. The van der Waals surface area contributed by atoms with Crippen molar-refractivity contribution in [3.05, 3.63) is 41.9 Å². The van der Waals surface area contributed by atoms with Gasteiger partial charge in [-0.2, -0.15) is 0 Å². The number of benzene rings is 1. The Labute approximate surface area is 171 Å². The van der Waals surface area contributed by atoms with E-state index in [1.807, 2.05) is 38.1 Å². The number of halogens is 1. The lowest BCUT2D eigenvalue weighted by Gasteiger charge is -2.11. The lowest BCUT2D eigenvalue weighted by molar-refractivity contribution is -0.127. The maximum Gasteiger partial charge on any atom is 0.243 e. The highest BCUT2D eigenvalue weighted by atomic mass is 127. The first-order valence-electron chi connectivity index (χ1n) is 8.23. The Morgan fingerprint density at radius 1 is 1.23 bits per heavy atom. The van der Waals surface area contributed by atoms with Crippen molar-refractivity contribution in [2.24, 2.45) is 4.99 Å². The number of hydrogen-bond donors (Lipinski definition) is 2. The van der Waals surface area contributed by atoms with Crippen molar-refractivity contribution in [2.75, 3.05) is 27.2 Å². The second-order valence-corrected chi connectivity index (χ2v) is 5.82. The van der Waals surface area contributed by atoms with E-state index in [1.54, 1.807) is 20.3 Å². The van der Waals surface area contributed by atoms with Crippen molar-refractivity contribution >= 4 is 35.8 Å². The standard InChI is InChI=1S/C18H25N5O2.HI/c1-5-19-18(22-12-17(24)23(3)4)21-11-16-20-10-15(25-16)14-8-6-13(2)7-9-14;/h6-10H,5,11-12H2,1-4H3,(H2,19,21,22);1H. The van der Waals surface area contributed by atoms with Crippen LogP contribution in [0.1, 0.15) is 18.4 Å². The Morgan fingerprint density at radius 3 is 2.54 bits per heavy atom. The summed E-state index contributed by atoms with van der Waals surface area (Å²) in [5.41, 5.74) is 2.19. The number of hydrogen-bond acceptors (Lipinski definition) is 4. The van der Waals surface area contributed by atoms with Crippen molar-refractivity contribution < 1.29 is 9.21 Å². The fourth-order valence-corrected chi connectivity index (χ4v) is 2.03. The summed E-state index contributed by atoms with van der Waals surface area (Å²) < 4.78 is 5.77. The van der Waals surface area contributed by atoms with Crippen LogP contribution in [0.4, 0.5) is 0 Å². The van der Waals surface area contributed by atoms with E-state index < -0.39 is 0 Å². The molecule has 142 valence electrons. The van der Waals surface area contributed by atoms with Crippen molar-refractivity contribution in [1.82, 2.24) is 20.5 Å². The highest BCUT2D eigenvalue weighted by molar-refractivity contribution is 14.0. The topological polar surface area (TPSA) is 82.8 Å². The summed E-state index contributed by atoms with van der Waals surface area (Å²) in [7, 11) is 3.41. The first kappa shape index (κ1) is 21.9. The van der Waals surface area contributed by atoms with Crippen LogP contribution in [0.25, 0.3) is 11.3 Å². The fourth-order valence-electron chi connectivity index (χ4n) is 2.03. The molecule has 1 aromatic heterocycles. The van der Waals surface area contributed by atoms with Gasteiger partial charge in [-0.25, -0.2) is 9.98 Å². The number of aromatic nitrogens is 1. The molecular weight excluding hydrogens is 445 g/mol. The molecule has 1 aromatic carbocycles. The lowest BCUT2D eigenvalue weighted by atomic mass is 10.1. The van der Waals surface area contributed by atoms with Crippen molar-refractivity contribution in [2.45, 2.75) is 20.4 Å². The number of aryl methyl sites for hydroxylation is 1. The van der Waals surface area contributed by atoms with Crippen LogP contribution in [0.2, 0.25) is 0 Å². The zero-order valence-corrected chi connectivity index (χ0v) is 17.9. The molecule has 26 heavy (non-hydrogen) atoms. The molecule has 0 aliphatic heterocycles. The van der Waals surface area contributed by atoms with Gasteiger partial charge in [0.05, 0.1) is 12.7 Å². The van der Waals surface area contributed by atoms with Gasteiger partial charge in [-0.1, -0.05) is 29.8 Å². The van der Waals surface area contributed by atoms with Crippen LogP contribution in [0, 0.1) is 6.92 Å². The Kier molecular flexibility index (Phi) is 9.11. The summed E-state index contributed by atoms with van der Waals surface area (Å²) in [4.78, 5) is 21.7. The van der Waals surface area contributed by atoms with Crippen molar-refractivity contribution in [3.63, 3.8) is 0 Å². The summed E-state index contributed by atoms with van der Waals surface area (Å²) >= 11 is 0. The third-order valence-corrected chi connectivity index (χ3v) is 3.51. The Balaban J connectivity index is 0.00000338. The normalized spacial score (nSPS) is 10.8. The van der Waals surface area contributed by atoms with Gasteiger partial charge >= 0.3 is 0 Å². The van der Waals surface area contributed by atoms with Gasteiger partial charge < -0.3 is 20.0 Å². The SMILES string of the molecule is CCNC(=NCC(=O)N(C)C)NCc1ncc(-c2ccc(C)cc2)o1.I. The lowest BCUT2D eigenvalue weighted by Crippen LogP contribution is -2.38. The van der Waals surface area contributed by atoms with Gasteiger partial charge in [0, 0.05) is 26.2 Å².